The summed E-state index contributed by atoms with van der Waals surface area (Å²) in [7, 11) is 0. The van der Waals surface area contributed by atoms with Crippen LogP contribution in [0.25, 0.3) is 0 Å². The van der Waals surface area contributed by atoms with Crippen molar-refractivity contribution in [3.8, 4) is 0 Å². The summed E-state index contributed by atoms with van der Waals surface area (Å²) >= 11 is 0. The van der Waals surface area contributed by atoms with Crippen LogP contribution >= 0.6 is 0 Å². The largest absolute Gasteiger partial charge is 0.464 e. The number of ether oxygens (including phenoxy) is 2. The van der Waals surface area contributed by atoms with Gasteiger partial charge in [-0.2, -0.15) is 0 Å². The molecule has 0 heterocycles. The van der Waals surface area contributed by atoms with Crippen molar-refractivity contribution in [2.75, 3.05) is 13.2 Å². The van der Waals surface area contributed by atoms with E-state index in [1.54, 1.807) is 13.8 Å². The quantitative estimate of drug-likeness (QED) is 0.501. The molecule has 1 rings (SSSR count). The molecule has 0 spiro atoms. The van der Waals surface area contributed by atoms with E-state index in [1.165, 1.54) is 12.0 Å². The molecule has 80 valence electrons. The van der Waals surface area contributed by atoms with Gasteiger partial charge < -0.3 is 9.47 Å². The van der Waals surface area contributed by atoms with Gasteiger partial charge in [-0.1, -0.05) is 6.08 Å². The molecule has 0 fully saturated rings. The SMILES string of the molecule is CCOC(=O)[C@H](C)OCC1=CCCC1. The zero-order chi connectivity index (χ0) is 10.4. The Morgan fingerprint density at radius 3 is 3.00 bits per heavy atom. The van der Waals surface area contributed by atoms with E-state index in [9.17, 15) is 4.79 Å². The molecular weight excluding hydrogens is 180 g/mol. The predicted octanol–water partition coefficient (Wildman–Crippen LogP) is 2.06. The van der Waals surface area contributed by atoms with Gasteiger partial charge in [0.1, 0.15) is 0 Å². The van der Waals surface area contributed by atoms with Crippen LogP contribution in [0.3, 0.4) is 0 Å². The van der Waals surface area contributed by atoms with E-state index in [0.717, 1.165) is 12.8 Å². The Morgan fingerprint density at radius 1 is 1.64 bits per heavy atom. The molecular formula is C11H18O3. The Kier molecular flexibility index (Phi) is 4.66. The molecule has 0 aromatic heterocycles. The third kappa shape index (κ3) is 3.50. The Balaban J connectivity index is 2.19. The summed E-state index contributed by atoms with van der Waals surface area (Å²) in [4.78, 5) is 11.2. The number of rotatable bonds is 5. The van der Waals surface area contributed by atoms with Crippen LogP contribution < -0.4 is 0 Å². The van der Waals surface area contributed by atoms with Gasteiger partial charge in [-0.25, -0.2) is 4.79 Å². The van der Waals surface area contributed by atoms with E-state index in [4.69, 9.17) is 9.47 Å². The van der Waals surface area contributed by atoms with Gasteiger partial charge in [0.2, 0.25) is 0 Å². The monoisotopic (exact) mass is 198 g/mol. The number of hydrogen-bond donors (Lipinski definition) is 0. The van der Waals surface area contributed by atoms with Crippen LogP contribution in [0, 0.1) is 0 Å². The van der Waals surface area contributed by atoms with Gasteiger partial charge >= 0.3 is 5.97 Å². The molecule has 1 aliphatic carbocycles. The van der Waals surface area contributed by atoms with Crippen molar-refractivity contribution in [1.82, 2.24) is 0 Å². The van der Waals surface area contributed by atoms with E-state index in [0.29, 0.717) is 13.2 Å². The number of hydrogen-bond acceptors (Lipinski definition) is 3. The summed E-state index contributed by atoms with van der Waals surface area (Å²) in [5, 5.41) is 0. The summed E-state index contributed by atoms with van der Waals surface area (Å²) in [6.45, 7) is 4.51. The van der Waals surface area contributed by atoms with Gasteiger partial charge in [0.15, 0.2) is 6.10 Å². The predicted molar refractivity (Wildman–Crippen MR) is 54.0 cm³/mol. The van der Waals surface area contributed by atoms with Crippen LogP contribution in [0.15, 0.2) is 11.6 Å². The number of carbonyl (C=O) groups is 1. The third-order valence-electron chi connectivity index (χ3n) is 2.27. The van der Waals surface area contributed by atoms with Crippen LogP contribution in [0.4, 0.5) is 0 Å². The minimum Gasteiger partial charge on any atom is -0.464 e. The van der Waals surface area contributed by atoms with Crippen molar-refractivity contribution >= 4 is 5.97 Å². The molecule has 0 aromatic rings. The summed E-state index contributed by atoms with van der Waals surface area (Å²) in [5.41, 5.74) is 1.31. The van der Waals surface area contributed by atoms with E-state index in [-0.39, 0.29) is 5.97 Å². The molecule has 0 saturated carbocycles. The van der Waals surface area contributed by atoms with Gasteiger partial charge in [0.25, 0.3) is 0 Å². The van der Waals surface area contributed by atoms with Crippen LogP contribution in [0.2, 0.25) is 0 Å². The Bertz CT molecular complexity index is 221. The van der Waals surface area contributed by atoms with E-state index < -0.39 is 6.10 Å². The fourth-order valence-corrected chi connectivity index (χ4v) is 1.43. The number of allylic oxidation sites excluding steroid dienone is 1. The molecule has 1 atom stereocenters. The van der Waals surface area contributed by atoms with Crippen molar-refractivity contribution in [3.05, 3.63) is 11.6 Å². The first kappa shape index (κ1) is 11.2. The van der Waals surface area contributed by atoms with Gasteiger partial charge in [-0.05, 0) is 38.7 Å². The number of esters is 1. The molecule has 0 bridgehead atoms. The molecule has 14 heavy (non-hydrogen) atoms. The van der Waals surface area contributed by atoms with E-state index in [1.807, 2.05) is 0 Å². The highest BCUT2D eigenvalue weighted by atomic mass is 16.6. The molecule has 0 aliphatic heterocycles. The van der Waals surface area contributed by atoms with Crippen LogP contribution in [0.5, 0.6) is 0 Å². The maximum atomic E-state index is 11.2. The lowest BCUT2D eigenvalue weighted by molar-refractivity contribution is -0.154. The van der Waals surface area contributed by atoms with E-state index >= 15 is 0 Å². The molecule has 0 saturated heterocycles. The highest BCUT2D eigenvalue weighted by Gasteiger charge is 2.15. The fraction of sp³-hybridized carbons (Fsp3) is 0.727. The van der Waals surface area contributed by atoms with Crippen LogP contribution in [-0.2, 0) is 14.3 Å². The third-order valence-corrected chi connectivity index (χ3v) is 2.27. The molecule has 1 aliphatic rings. The Morgan fingerprint density at radius 2 is 2.43 bits per heavy atom. The highest BCUT2D eigenvalue weighted by Crippen LogP contribution is 2.17. The summed E-state index contributed by atoms with van der Waals surface area (Å²) in [6.07, 6.45) is 5.21. The molecule has 3 heteroatoms. The second-order valence-electron chi connectivity index (χ2n) is 3.46. The fourth-order valence-electron chi connectivity index (χ4n) is 1.43. The molecule has 0 radical (unpaired) electrons. The average molecular weight is 198 g/mol. The first-order valence-corrected chi connectivity index (χ1v) is 5.20. The molecule has 0 amide bonds. The zero-order valence-electron chi connectivity index (χ0n) is 8.91. The summed E-state index contributed by atoms with van der Waals surface area (Å²) in [5.74, 6) is -0.272. The summed E-state index contributed by atoms with van der Waals surface area (Å²) < 4.78 is 10.2. The van der Waals surface area contributed by atoms with Crippen LogP contribution in [0.1, 0.15) is 33.1 Å². The average Bonchev–Trinajstić information content (AvgIpc) is 2.67. The van der Waals surface area contributed by atoms with Crippen molar-refractivity contribution in [2.45, 2.75) is 39.2 Å². The summed E-state index contributed by atoms with van der Waals surface area (Å²) in [6, 6.07) is 0. The number of carbonyl (C=O) groups excluding carboxylic acids is 1. The highest BCUT2D eigenvalue weighted by molar-refractivity contribution is 5.74. The molecule has 0 aromatic carbocycles. The minimum atomic E-state index is -0.448. The second-order valence-corrected chi connectivity index (χ2v) is 3.46. The van der Waals surface area contributed by atoms with Crippen LogP contribution in [-0.4, -0.2) is 25.3 Å². The van der Waals surface area contributed by atoms with E-state index in [2.05, 4.69) is 6.08 Å². The Labute approximate surface area is 85.1 Å². The van der Waals surface area contributed by atoms with Crippen molar-refractivity contribution in [1.29, 1.82) is 0 Å². The zero-order valence-corrected chi connectivity index (χ0v) is 8.91. The lowest BCUT2D eigenvalue weighted by Gasteiger charge is -2.11. The first-order valence-electron chi connectivity index (χ1n) is 5.20. The molecule has 3 nitrogen and oxygen atoms in total. The normalized spacial score (nSPS) is 17.7. The van der Waals surface area contributed by atoms with Gasteiger partial charge in [0.05, 0.1) is 13.2 Å². The first-order chi connectivity index (χ1) is 6.74. The van der Waals surface area contributed by atoms with Gasteiger partial charge in [0, 0.05) is 0 Å². The smallest absolute Gasteiger partial charge is 0.334 e. The lowest BCUT2D eigenvalue weighted by Crippen LogP contribution is -2.24. The Hall–Kier alpha value is -0.830. The maximum Gasteiger partial charge on any atom is 0.334 e. The second kappa shape index (κ2) is 5.81. The van der Waals surface area contributed by atoms with Gasteiger partial charge in [-0.15, -0.1) is 0 Å². The van der Waals surface area contributed by atoms with Crippen molar-refractivity contribution in [3.63, 3.8) is 0 Å². The molecule has 0 unspecified atom stereocenters. The van der Waals surface area contributed by atoms with Crippen molar-refractivity contribution in [2.24, 2.45) is 0 Å². The topological polar surface area (TPSA) is 35.5 Å². The minimum absolute atomic E-state index is 0.272. The molecule has 0 N–H and O–H groups in total. The standard InChI is InChI=1S/C11H18O3/c1-3-13-11(12)9(2)14-8-10-6-4-5-7-10/h6,9H,3-5,7-8H2,1-2H3/t9-/m0/s1. The lowest BCUT2D eigenvalue weighted by atomic mass is 10.2. The van der Waals surface area contributed by atoms with Gasteiger partial charge in [-0.3, -0.25) is 0 Å². The van der Waals surface area contributed by atoms with Crippen molar-refractivity contribution < 1.29 is 14.3 Å². The maximum absolute atomic E-state index is 11.2.